The van der Waals surface area contributed by atoms with E-state index in [1.54, 1.807) is 12.1 Å². The summed E-state index contributed by atoms with van der Waals surface area (Å²) in [6.45, 7) is 1.83. The van der Waals surface area contributed by atoms with Crippen LogP contribution in [0.25, 0.3) is 0 Å². The molecule has 1 aliphatic heterocycles. The van der Waals surface area contributed by atoms with Crippen molar-refractivity contribution in [3.8, 4) is 5.75 Å². The molecule has 1 aliphatic rings. The summed E-state index contributed by atoms with van der Waals surface area (Å²) in [5.74, 6) is -0.930. The highest BCUT2D eigenvalue weighted by Crippen LogP contribution is 2.26. The molecule has 19 heavy (non-hydrogen) atoms. The number of carbonyl (C=O) groups excluding carboxylic acids is 3. The maximum absolute atomic E-state index is 11.8. The van der Waals surface area contributed by atoms with E-state index in [4.69, 9.17) is 0 Å². The quantitative estimate of drug-likeness (QED) is 0.727. The summed E-state index contributed by atoms with van der Waals surface area (Å²) in [6.07, 6.45) is -0.115. The Balaban J connectivity index is 2.00. The van der Waals surface area contributed by atoms with Crippen LogP contribution in [0.4, 0.5) is 10.5 Å². The molecule has 3 amide bonds. The number of phenolic OH excluding ortho intramolecular Hbond substituents is 1. The molecule has 0 aromatic heterocycles. The van der Waals surface area contributed by atoms with Gasteiger partial charge in [0.2, 0.25) is 11.8 Å². The van der Waals surface area contributed by atoms with Gasteiger partial charge in [0.05, 0.1) is 5.69 Å². The summed E-state index contributed by atoms with van der Waals surface area (Å²) in [4.78, 5) is 34.0. The van der Waals surface area contributed by atoms with E-state index in [-0.39, 0.29) is 12.2 Å². The van der Waals surface area contributed by atoms with Crippen LogP contribution < -0.4 is 10.6 Å². The smallest absolute Gasteiger partial charge is 0.286 e. The van der Waals surface area contributed by atoms with Gasteiger partial charge >= 0.3 is 0 Å². The van der Waals surface area contributed by atoms with Gasteiger partial charge in [-0.15, -0.1) is 0 Å². The van der Waals surface area contributed by atoms with Crippen molar-refractivity contribution in [2.75, 3.05) is 5.32 Å². The van der Waals surface area contributed by atoms with Gasteiger partial charge in [-0.2, -0.15) is 0 Å². The second-order valence-corrected chi connectivity index (χ2v) is 5.33. The second kappa shape index (κ2) is 5.31. The van der Waals surface area contributed by atoms with Gasteiger partial charge in [-0.1, -0.05) is 17.8 Å². The molecule has 1 unspecified atom stereocenters. The molecule has 1 heterocycles. The van der Waals surface area contributed by atoms with Crippen LogP contribution in [0.5, 0.6) is 5.75 Å². The van der Waals surface area contributed by atoms with E-state index in [1.165, 1.54) is 6.07 Å². The summed E-state index contributed by atoms with van der Waals surface area (Å²) in [6, 6.07) is 4.82. The molecular formula is C12H12N2O4S. The normalized spacial score (nSPS) is 18.3. The summed E-state index contributed by atoms with van der Waals surface area (Å²) >= 11 is 0.797. The Morgan fingerprint density at radius 2 is 2.21 bits per heavy atom. The Bertz CT molecular complexity index is 559. The zero-order valence-corrected chi connectivity index (χ0v) is 10.9. The topological polar surface area (TPSA) is 95.5 Å². The molecule has 0 aliphatic carbocycles. The molecule has 7 heteroatoms. The second-order valence-electron chi connectivity index (χ2n) is 4.16. The molecule has 100 valence electrons. The number of benzene rings is 1. The average Bonchev–Trinajstić information content (AvgIpc) is 2.62. The van der Waals surface area contributed by atoms with Crippen molar-refractivity contribution >= 4 is 34.5 Å². The number of phenols is 1. The van der Waals surface area contributed by atoms with E-state index in [0.29, 0.717) is 5.69 Å². The summed E-state index contributed by atoms with van der Waals surface area (Å²) in [7, 11) is 0. The van der Waals surface area contributed by atoms with Crippen molar-refractivity contribution in [2.24, 2.45) is 0 Å². The Morgan fingerprint density at radius 3 is 2.84 bits per heavy atom. The van der Waals surface area contributed by atoms with Crippen molar-refractivity contribution in [2.45, 2.75) is 18.6 Å². The number of hydrogen-bond donors (Lipinski definition) is 3. The van der Waals surface area contributed by atoms with Crippen LogP contribution in [0, 0.1) is 6.92 Å². The average molecular weight is 280 g/mol. The molecule has 1 aromatic carbocycles. The number of imide groups is 1. The molecule has 0 radical (unpaired) electrons. The van der Waals surface area contributed by atoms with Crippen molar-refractivity contribution < 1.29 is 19.5 Å². The molecule has 2 rings (SSSR count). The van der Waals surface area contributed by atoms with Crippen LogP contribution >= 0.6 is 11.8 Å². The summed E-state index contributed by atoms with van der Waals surface area (Å²) in [5.41, 5.74) is 1.18. The van der Waals surface area contributed by atoms with Gasteiger partial charge in [0.1, 0.15) is 11.0 Å². The monoisotopic (exact) mass is 280 g/mol. The molecule has 6 nitrogen and oxygen atoms in total. The van der Waals surface area contributed by atoms with E-state index < -0.39 is 22.3 Å². The maximum atomic E-state index is 11.8. The van der Waals surface area contributed by atoms with E-state index in [1.807, 2.05) is 6.92 Å². The first-order chi connectivity index (χ1) is 8.95. The van der Waals surface area contributed by atoms with E-state index >= 15 is 0 Å². The first-order valence-corrected chi connectivity index (χ1v) is 6.44. The lowest BCUT2D eigenvalue weighted by atomic mass is 10.2. The van der Waals surface area contributed by atoms with Gasteiger partial charge in [0.15, 0.2) is 0 Å². The Kier molecular flexibility index (Phi) is 3.75. The molecule has 1 fully saturated rings. The van der Waals surface area contributed by atoms with Crippen LogP contribution in [0.15, 0.2) is 18.2 Å². The summed E-state index contributed by atoms with van der Waals surface area (Å²) in [5, 5.41) is 13.1. The SMILES string of the molecule is Cc1ccc(O)c(NC(=O)CC2SC(=O)NC2=O)c1. The van der Waals surface area contributed by atoms with Crippen molar-refractivity contribution in [1.82, 2.24) is 5.32 Å². The number of anilines is 1. The molecule has 1 saturated heterocycles. The van der Waals surface area contributed by atoms with Crippen LogP contribution in [0.2, 0.25) is 0 Å². The predicted molar refractivity (Wildman–Crippen MR) is 71.0 cm³/mol. The standard InChI is InChI=1S/C12H12N2O4S/c1-6-2-3-8(15)7(4-6)13-10(16)5-9-11(17)14-12(18)19-9/h2-4,9,15H,5H2,1H3,(H,13,16)(H,14,17,18). The van der Waals surface area contributed by atoms with Crippen LogP contribution in [-0.4, -0.2) is 27.4 Å². The summed E-state index contributed by atoms with van der Waals surface area (Å²) < 4.78 is 0. The fourth-order valence-electron chi connectivity index (χ4n) is 1.65. The van der Waals surface area contributed by atoms with E-state index in [2.05, 4.69) is 10.6 Å². The zero-order valence-electron chi connectivity index (χ0n) is 10.1. The minimum atomic E-state index is -0.709. The first-order valence-electron chi connectivity index (χ1n) is 5.56. The highest BCUT2D eigenvalue weighted by molar-refractivity contribution is 8.15. The molecule has 0 bridgehead atoms. The lowest BCUT2D eigenvalue weighted by Gasteiger charge is -2.09. The molecule has 0 saturated carbocycles. The van der Waals surface area contributed by atoms with Crippen molar-refractivity contribution in [3.63, 3.8) is 0 Å². The third-order valence-electron chi connectivity index (χ3n) is 2.56. The predicted octanol–water partition coefficient (Wildman–Crippen LogP) is 1.38. The third kappa shape index (κ3) is 3.25. The number of rotatable bonds is 3. The minimum absolute atomic E-state index is 0.0430. The molecule has 1 atom stereocenters. The maximum Gasteiger partial charge on any atom is 0.286 e. The number of aryl methyl sites for hydroxylation is 1. The number of nitrogens with one attached hydrogen (secondary N) is 2. The molecule has 3 N–H and O–H groups in total. The number of carbonyl (C=O) groups is 3. The van der Waals surface area contributed by atoms with Gasteiger partial charge in [-0.3, -0.25) is 19.7 Å². The lowest BCUT2D eigenvalue weighted by molar-refractivity contribution is -0.122. The van der Waals surface area contributed by atoms with Crippen LogP contribution in [0.3, 0.4) is 0 Å². The largest absolute Gasteiger partial charge is 0.506 e. The van der Waals surface area contributed by atoms with E-state index in [9.17, 15) is 19.5 Å². The van der Waals surface area contributed by atoms with Crippen molar-refractivity contribution in [3.05, 3.63) is 23.8 Å². The Morgan fingerprint density at radius 1 is 1.47 bits per heavy atom. The highest BCUT2D eigenvalue weighted by Gasteiger charge is 2.33. The van der Waals surface area contributed by atoms with Crippen molar-refractivity contribution in [1.29, 1.82) is 0 Å². The van der Waals surface area contributed by atoms with Gasteiger partial charge < -0.3 is 10.4 Å². The first kappa shape index (κ1) is 13.4. The Labute approximate surface area is 113 Å². The minimum Gasteiger partial charge on any atom is -0.506 e. The highest BCUT2D eigenvalue weighted by atomic mass is 32.2. The number of amides is 3. The third-order valence-corrected chi connectivity index (χ3v) is 3.55. The fourth-order valence-corrected chi connectivity index (χ4v) is 2.47. The van der Waals surface area contributed by atoms with E-state index in [0.717, 1.165) is 17.3 Å². The Hall–Kier alpha value is -2.02. The zero-order chi connectivity index (χ0) is 14.0. The molecular weight excluding hydrogens is 268 g/mol. The number of thioether (sulfide) groups is 1. The number of aromatic hydroxyl groups is 1. The molecule has 1 aromatic rings. The fraction of sp³-hybridized carbons (Fsp3) is 0.250. The number of hydrogen-bond acceptors (Lipinski definition) is 5. The van der Waals surface area contributed by atoms with Crippen LogP contribution in [-0.2, 0) is 9.59 Å². The van der Waals surface area contributed by atoms with Gasteiger partial charge in [-0.05, 0) is 24.6 Å². The molecule has 0 spiro atoms. The van der Waals surface area contributed by atoms with Crippen LogP contribution in [0.1, 0.15) is 12.0 Å². The van der Waals surface area contributed by atoms with Gasteiger partial charge in [-0.25, -0.2) is 0 Å². The van der Waals surface area contributed by atoms with Gasteiger partial charge in [0.25, 0.3) is 5.24 Å². The lowest BCUT2D eigenvalue weighted by Crippen LogP contribution is -2.27. The van der Waals surface area contributed by atoms with Gasteiger partial charge in [0, 0.05) is 6.42 Å².